The lowest BCUT2D eigenvalue weighted by molar-refractivity contribution is -0.118. The second-order valence-electron chi connectivity index (χ2n) is 4.56. The molecule has 6 heteroatoms. The van der Waals surface area contributed by atoms with Crippen LogP contribution >= 0.6 is 15.9 Å². The van der Waals surface area contributed by atoms with Crippen molar-refractivity contribution in [2.75, 3.05) is 17.2 Å². The van der Waals surface area contributed by atoms with Crippen LogP contribution in [-0.2, 0) is 4.79 Å². The van der Waals surface area contributed by atoms with Crippen molar-refractivity contribution in [3.63, 3.8) is 0 Å². The first kappa shape index (κ1) is 13.1. The normalized spacial score (nSPS) is 15.0. The van der Waals surface area contributed by atoms with Gasteiger partial charge < -0.3 is 19.8 Å². The van der Waals surface area contributed by atoms with E-state index in [4.69, 9.17) is 9.15 Å². The quantitative estimate of drug-likeness (QED) is 0.899. The van der Waals surface area contributed by atoms with E-state index in [0.29, 0.717) is 16.1 Å². The highest BCUT2D eigenvalue weighted by atomic mass is 79.9. The van der Waals surface area contributed by atoms with Crippen molar-refractivity contribution in [2.24, 2.45) is 0 Å². The molecular weight excluding hydrogens is 324 g/mol. The van der Waals surface area contributed by atoms with Crippen LogP contribution in [0, 0.1) is 0 Å². The molecule has 2 N–H and O–H groups in total. The summed E-state index contributed by atoms with van der Waals surface area (Å²) in [5.74, 6) is 1.37. The predicted molar refractivity (Wildman–Crippen MR) is 79.0 cm³/mol. The minimum Gasteiger partial charge on any atom is -0.482 e. The molecule has 0 spiro atoms. The molecule has 104 valence electrons. The van der Waals surface area contributed by atoms with Crippen molar-refractivity contribution < 1.29 is 13.9 Å². The van der Waals surface area contributed by atoms with Gasteiger partial charge in [0.15, 0.2) is 11.3 Å². The Kier molecular flexibility index (Phi) is 3.40. The van der Waals surface area contributed by atoms with Gasteiger partial charge in [-0.15, -0.1) is 0 Å². The van der Waals surface area contributed by atoms with Crippen molar-refractivity contribution in [2.45, 2.75) is 13.0 Å². The SMILES string of the molecule is CC(Nc1ccc2c(c1)NC(=O)CO2)c1ccc(Br)o1. The van der Waals surface area contributed by atoms with E-state index >= 15 is 0 Å². The fraction of sp³-hybridized carbons (Fsp3) is 0.214. The van der Waals surface area contributed by atoms with E-state index in [1.807, 2.05) is 37.3 Å². The van der Waals surface area contributed by atoms with Gasteiger partial charge in [0.2, 0.25) is 0 Å². The molecule has 0 aliphatic carbocycles. The summed E-state index contributed by atoms with van der Waals surface area (Å²) >= 11 is 3.28. The molecule has 0 saturated carbocycles. The number of hydrogen-bond donors (Lipinski definition) is 2. The van der Waals surface area contributed by atoms with Gasteiger partial charge in [0.1, 0.15) is 11.5 Å². The topological polar surface area (TPSA) is 63.5 Å². The number of amides is 1. The number of rotatable bonds is 3. The zero-order chi connectivity index (χ0) is 14.1. The number of benzene rings is 1. The summed E-state index contributed by atoms with van der Waals surface area (Å²) < 4.78 is 11.5. The number of ether oxygens (including phenoxy) is 1. The molecule has 1 aliphatic heterocycles. The Bertz CT molecular complexity index is 654. The third kappa shape index (κ3) is 2.65. The Labute approximate surface area is 124 Å². The molecule has 0 saturated heterocycles. The van der Waals surface area contributed by atoms with E-state index in [2.05, 4.69) is 26.6 Å². The summed E-state index contributed by atoms with van der Waals surface area (Å²) in [5, 5.41) is 6.10. The van der Waals surface area contributed by atoms with E-state index in [1.165, 1.54) is 0 Å². The van der Waals surface area contributed by atoms with Gasteiger partial charge in [-0.25, -0.2) is 0 Å². The Morgan fingerprint density at radius 2 is 2.20 bits per heavy atom. The van der Waals surface area contributed by atoms with Crippen molar-refractivity contribution >= 4 is 33.2 Å². The predicted octanol–water partition coefficient (Wildman–Crippen LogP) is 3.55. The van der Waals surface area contributed by atoms with Crippen LogP contribution in [0.1, 0.15) is 18.7 Å². The van der Waals surface area contributed by atoms with Crippen molar-refractivity contribution in [3.05, 3.63) is 40.8 Å². The van der Waals surface area contributed by atoms with Crippen LogP contribution in [0.15, 0.2) is 39.4 Å². The Balaban J connectivity index is 1.78. The van der Waals surface area contributed by atoms with E-state index in [0.717, 1.165) is 11.4 Å². The number of carbonyl (C=O) groups is 1. The van der Waals surface area contributed by atoms with Crippen LogP contribution < -0.4 is 15.4 Å². The average Bonchev–Trinajstić information content (AvgIpc) is 2.85. The van der Waals surface area contributed by atoms with E-state index in [9.17, 15) is 4.79 Å². The highest BCUT2D eigenvalue weighted by Crippen LogP contribution is 2.32. The summed E-state index contributed by atoms with van der Waals surface area (Å²) in [4.78, 5) is 11.3. The van der Waals surface area contributed by atoms with E-state index in [-0.39, 0.29) is 18.6 Å². The number of carbonyl (C=O) groups excluding carboxylic acids is 1. The van der Waals surface area contributed by atoms with Crippen molar-refractivity contribution in [1.29, 1.82) is 0 Å². The molecule has 1 aliphatic rings. The van der Waals surface area contributed by atoms with Gasteiger partial charge in [0.25, 0.3) is 5.91 Å². The lowest BCUT2D eigenvalue weighted by Crippen LogP contribution is -2.25. The van der Waals surface area contributed by atoms with Gasteiger partial charge in [0.05, 0.1) is 11.7 Å². The lowest BCUT2D eigenvalue weighted by atomic mass is 10.2. The first-order valence-corrected chi connectivity index (χ1v) is 6.99. The molecule has 20 heavy (non-hydrogen) atoms. The molecule has 2 aromatic rings. The van der Waals surface area contributed by atoms with Gasteiger partial charge in [-0.05, 0) is 53.2 Å². The zero-order valence-electron chi connectivity index (χ0n) is 10.8. The minimum absolute atomic E-state index is 0.0135. The van der Waals surface area contributed by atoms with Crippen LogP contribution in [-0.4, -0.2) is 12.5 Å². The number of nitrogens with one attached hydrogen (secondary N) is 2. The first-order chi connectivity index (χ1) is 9.61. The molecule has 1 unspecified atom stereocenters. The molecule has 1 atom stereocenters. The van der Waals surface area contributed by atoms with Gasteiger partial charge in [-0.2, -0.15) is 0 Å². The van der Waals surface area contributed by atoms with E-state index in [1.54, 1.807) is 0 Å². The number of fused-ring (bicyclic) bond motifs is 1. The minimum atomic E-state index is -0.141. The molecule has 0 fully saturated rings. The van der Waals surface area contributed by atoms with E-state index < -0.39 is 0 Å². The molecule has 3 rings (SSSR count). The molecular formula is C14H13BrN2O3. The second kappa shape index (κ2) is 5.20. The molecule has 0 bridgehead atoms. The molecule has 1 aromatic carbocycles. The van der Waals surface area contributed by atoms with Gasteiger partial charge in [-0.3, -0.25) is 4.79 Å². The van der Waals surface area contributed by atoms with Crippen LogP contribution in [0.3, 0.4) is 0 Å². The maximum absolute atomic E-state index is 11.3. The maximum Gasteiger partial charge on any atom is 0.262 e. The summed E-state index contributed by atoms with van der Waals surface area (Å²) in [6.07, 6.45) is 0. The Hall–Kier alpha value is -1.95. The largest absolute Gasteiger partial charge is 0.482 e. The molecule has 5 nitrogen and oxygen atoms in total. The zero-order valence-corrected chi connectivity index (χ0v) is 12.4. The fourth-order valence-corrected chi connectivity index (χ4v) is 2.37. The molecule has 0 radical (unpaired) electrons. The van der Waals surface area contributed by atoms with Gasteiger partial charge in [0, 0.05) is 5.69 Å². The Morgan fingerprint density at radius 1 is 1.35 bits per heavy atom. The van der Waals surface area contributed by atoms with Crippen LogP contribution in [0.2, 0.25) is 0 Å². The second-order valence-corrected chi connectivity index (χ2v) is 5.34. The smallest absolute Gasteiger partial charge is 0.262 e. The standard InChI is InChI=1S/C14H13BrN2O3/c1-8(11-4-5-13(15)20-11)16-9-2-3-12-10(6-9)17-14(18)7-19-12/h2-6,8,16H,7H2,1H3,(H,17,18). The van der Waals surface area contributed by atoms with Crippen LogP contribution in [0.4, 0.5) is 11.4 Å². The molecule has 1 amide bonds. The number of hydrogen-bond acceptors (Lipinski definition) is 4. The fourth-order valence-electron chi connectivity index (χ4n) is 2.06. The molecule has 2 heterocycles. The third-order valence-electron chi connectivity index (χ3n) is 3.02. The third-order valence-corrected chi connectivity index (χ3v) is 3.44. The summed E-state index contributed by atoms with van der Waals surface area (Å²) in [6, 6.07) is 9.37. The molecule has 1 aromatic heterocycles. The highest BCUT2D eigenvalue weighted by molar-refractivity contribution is 9.10. The van der Waals surface area contributed by atoms with Crippen molar-refractivity contribution in [1.82, 2.24) is 0 Å². The monoisotopic (exact) mass is 336 g/mol. The number of halogens is 1. The first-order valence-electron chi connectivity index (χ1n) is 6.20. The van der Waals surface area contributed by atoms with Crippen LogP contribution in [0.5, 0.6) is 5.75 Å². The van der Waals surface area contributed by atoms with Gasteiger partial charge >= 0.3 is 0 Å². The maximum atomic E-state index is 11.3. The summed E-state index contributed by atoms with van der Waals surface area (Å²) in [5.41, 5.74) is 1.56. The highest BCUT2D eigenvalue weighted by Gasteiger charge is 2.17. The summed E-state index contributed by atoms with van der Waals surface area (Å²) in [7, 11) is 0. The average molecular weight is 337 g/mol. The Morgan fingerprint density at radius 3 is 2.95 bits per heavy atom. The van der Waals surface area contributed by atoms with Crippen molar-refractivity contribution in [3.8, 4) is 5.75 Å². The number of furan rings is 1. The van der Waals surface area contributed by atoms with Crippen LogP contribution in [0.25, 0.3) is 0 Å². The number of anilines is 2. The lowest BCUT2D eigenvalue weighted by Gasteiger charge is -2.20. The summed E-state index contributed by atoms with van der Waals surface area (Å²) in [6.45, 7) is 2.07. The van der Waals surface area contributed by atoms with Gasteiger partial charge in [-0.1, -0.05) is 0 Å².